The summed E-state index contributed by atoms with van der Waals surface area (Å²) in [5.41, 5.74) is 0.639. The van der Waals surface area contributed by atoms with E-state index in [0.29, 0.717) is 10.7 Å². The SMILES string of the molecule is [B]C1([B])NC(=O)C([B])(Cc2ccc(Cl)nc2)C1([B])[B]. The largest absolute Gasteiger partial charge is 0.369 e. The first-order chi connectivity index (χ1) is 8.60. The summed E-state index contributed by atoms with van der Waals surface area (Å²) in [5, 5.41) is -2.64. The van der Waals surface area contributed by atoms with Crippen LogP contribution in [0.3, 0.4) is 0 Å². The van der Waals surface area contributed by atoms with E-state index in [1.807, 2.05) is 0 Å². The number of aromatic nitrogens is 1. The van der Waals surface area contributed by atoms with E-state index in [1.165, 1.54) is 6.20 Å². The Morgan fingerprint density at radius 1 is 1.21 bits per heavy atom. The number of carbonyl (C=O) groups is 1. The summed E-state index contributed by atoms with van der Waals surface area (Å²) >= 11 is 5.68. The predicted octanol–water partition coefficient (Wildman–Crippen LogP) is -0.822. The average molecular weight is 260 g/mol. The molecule has 1 unspecified atom stereocenters. The fourth-order valence-corrected chi connectivity index (χ4v) is 2.13. The Morgan fingerprint density at radius 3 is 2.26 bits per heavy atom. The van der Waals surface area contributed by atoms with Crippen LogP contribution in [0.2, 0.25) is 15.7 Å². The maximum Gasteiger partial charge on any atom is 0.215 e. The van der Waals surface area contributed by atoms with Crippen molar-refractivity contribution >= 4 is 56.7 Å². The van der Waals surface area contributed by atoms with Crippen LogP contribution in [0.5, 0.6) is 0 Å². The molecule has 84 valence electrons. The molecule has 0 saturated carbocycles. The maximum absolute atomic E-state index is 12.0. The number of halogens is 1. The molecule has 1 N–H and O–H groups in total. The zero-order chi connectivity index (χ0) is 14.5. The molecular formula is C10H6B5ClN2O. The number of amides is 1. The van der Waals surface area contributed by atoms with Crippen molar-refractivity contribution in [3.8, 4) is 0 Å². The molecular weight excluding hydrogens is 254 g/mol. The van der Waals surface area contributed by atoms with Gasteiger partial charge in [-0.15, -0.1) is 0 Å². The standard InChI is InChI=1S/C10H6B5ClN2O/c11-8(3-5-1-2-6(16)17-4-5)7(19)18-10(14,15)9(8,12)13/h1-2,4H,3H2,(H,18,19). The normalized spacial score (nSPS) is 27.9. The molecule has 1 aromatic rings. The van der Waals surface area contributed by atoms with Crippen molar-refractivity contribution in [3.63, 3.8) is 0 Å². The number of nitrogens with one attached hydrogen (secondary N) is 1. The Kier molecular flexibility index (Phi) is 3.37. The van der Waals surface area contributed by atoms with Crippen molar-refractivity contribution in [2.24, 2.45) is 0 Å². The van der Waals surface area contributed by atoms with Gasteiger partial charge in [0.2, 0.25) is 5.91 Å². The molecule has 1 aliphatic rings. The fourth-order valence-electron chi connectivity index (χ4n) is 2.02. The third-order valence-corrected chi connectivity index (χ3v) is 3.64. The van der Waals surface area contributed by atoms with Gasteiger partial charge in [-0.25, -0.2) is 4.98 Å². The number of nitrogens with zero attached hydrogens (tertiary/aromatic N) is 1. The van der Waals surface area contributed by atoms with Gasteiger partial charge in [0.15, 0.2) is 0 Å². The first-order valence-electron chi connectivity index (χ1n) is 5.47. The summed E-state index contributed by atoms with van der Waals surface area (Å²) in [6.07, 6.45) is 1.51. The highest BCUT2D eigenvalue weighted by Gasteiger charge is 2.58. The van der Waals surface area contributed by atoms with Crippen molar-refractivity contribution < 1.29 is 4.79 Å². The molecule has 1 fully saturated rings. The number of rotatable bonds is 2. The molecule has 1 aliphatic heterocycles. The Morgan fingerprint density at radius 2 is 1.84 bits per heavy atom. The van der Waals surface area contributed by atoms with Gasteiger partial charge in [0, 0.05) is 11.5 Å². The molecule has 0 spiro atoms. The zero-order valence-electron chi connectivity index (χ0n) is 10.1. The minimum atomic E-state index is -1.82. The molecule has 0 aromatic carbocycles. The number of hydrogen-bond donors (Lipinski definition) is 1. The van der Waals surface area contributed by atoms with Gasteiger partial charge >= 0.3 is 0 Å². The van der Waals surface area contributed by atoms with Crippen molar-refractivity contribution in [1.29, 1.82) is 0 Å². The summed E-state index contributed by atoms with van der Waals surface area (Å²) in [4.78, 5) is 15.9. The van der Waals surface area contributed by atoms with Gasteiger partial charge in [0.25, 0.3) is 0 Å². The molecule has 9 heteroatoms. The molecule has 1 saturated heterocycles. The molecule has 19 heavy (non-hydrogen) atoms. The van der Waals surface area contributed by atoms with Gasteiger partial charge in [-0.05, 0) is 23.4 Å². The molecule has 0 bridgehead atoms. The molecule has 3 nitrogen and oxygen atoms in total. The van der Waals surface area contributed by atoms with Gasteiger partial charge in [0.1, 0.15) is 5.15 Å². The topological polar surface area (TPSA) is 42.0 Å². The lowest BCUT2D eigenvalue weighted by Gasteiger charge is -2.45. The van der Waals surface area contributed by atoms with Gasteiger partial charge < -0.3 is 5.32 Å². The molecule has 10 radical (unpaired) electrons. The average Bonchev–Trinajstić information content (AvgIpc) is 2.41. The summed E-state index contributed by atoms with van der Waals surface area (Å²) < 4.78 is 0. The highest BCUT2D eigenvalue weighted by Crippen LogP contribution is 2.56. The number of hydrogen-bond acceptors (Lipinski definition) is 2. The second kappa shape index (κ2) is 4.37. The molecule has 2 rings (SSSR count). The lowest BCUT2D eigenvalue weighted by molar-refractivity contribution is -0.121. The van der Waals surface area contributed by atoms with E-state index < -0.39 is 21.8 Å². The quantitative estimate of drug-likeness (QED) is 0.557. The molecule has 0 aliphatic carbocycles. The highest BCUT2D eigenvalue weighted by atomic mass is 35.5. The third-order valence-electron chi connectivity index (χ3n) is 3.42. The summed E-state index contributed by atoms with van der Waals surface area (Å²) in [6.45, 7) is 0. The lowest BCUT2D eigenvalue weighted by Crippen LogP contribution is -2.52. The second-order valence-electron chi connectivity index (χ2n) is 4.83. The van der Waals surface area contributed by atoms with Crippen LogP contribution >= 0.6 is 11.6 Å². The molecule has 2 heterocycles. The van der Waals surface area contributed by atoms with E-state index >= 15 is 0 Å². The summed E-state index contributed by atoms with van der Waals surface area (Å²) in [7, 11) is 29.2. The summed E-state index contributed by atoms with van der Waals surface area (Å²) in [5.74, 6) is -0.613. The van der Waals surface area contributed by atoms with Gasteiger partial charge in [-0.3, -0.25) is 4.79 Å². The summed E-state index contributed by atoms with van der Waals surface area (Å²) in [6, 6.07) is 3.24. The lowest BCUT2D eigenvalue weighted by atomic mass is 9.25. The number of carbonyl (C=O) groups excluding carboxylic acids is 1. The first-order valence-corrected chi connectivity index (χ1v) is 5.85. The maximum atomic E-state index is 12.0. The Labute approximate surface area is 123 Å². The van der Waals surface area contributed by atoms with Gasteiger partial charge in [-0.1, -0.05) is 22.9 Å². The predicted molar refractivity (Wildman–Crippen MR) is 78.0 cm³/mol. The van der Waals surface area contributed by atoms with Crippen LogP contribution in [-0.2, 0) is 11.2 Å². The van der Waals surface area contributed by atoms with E-state index in [9.17, 15) is 4.79 Å². The minimum absolute atomic E-state index is 0.0339. The van der Waals surface area contributed by atoms with Crippen molar-refractivity contribution in [2.45, 2.75) is 22.3 Å². The molecule has 1 aromatic heterocycles. The monoisotopic (exact) mass is 260 g/mol. The van der Waals surface area contributed by atoms with Crippen molar-refractivity contribution in [1.82, 2.24) is 10.3 Å². The zero-order valence-corrected chi connectivity index (χ0v) is 10.8. The van der Waals surface area contributed by atoms with Gasteiger partial charge in [-0.2, -0.15) is 0 Å². The Bertz CT molecular complexity index is 521. The molecule has 1 amide bonds. The van der Waals surface area contributed by atoms with E-state index in [0.717, 1.165) is 0 Å². The smallest absolute Gasteiger partial charge is 0.215 e. The van der Waals surface area contributed by atoms with E-state index in [1.54, 1.807) is 12.1 Å². The van der Waals surface area contributed by atoms with Gasteiger partial charge in [0.05, 0.1) is 39.2 Å². The fraction of sp³-hybridized carbons (Fsp3) is 0.400. The molecule has 1 atom stereocenters. The van der Waals surface area contributed by atoms with E-state index in [-0.39, 0.29) is 6.42 Å². The first kappa shape index (κ1) is 14.6. The van der Waals surface area contributed by atoms with Crippen LogP contribution in [0.25, 0.3) is 0 Å². The van der Waals surface area contributed by atoms with Crippen LogP contribution in [0, 0.1) is 0 Å². The Hall–Kier alpha value is -0.765. The minimum Gasteiger partial charge on any atom is -0.369 e. The van der Waals surface area contributed by atoms with E-state index in [4.69, 9.17) is 50.8 Å². The van der Waals surface area contributed by atoms with Crippen LogP contribution in [0.4, 0.5) is 0 Å². The van der Waals surface area contributed by atoms with Crippen LogP contribution in [0.1, 0.15) is 5.56 Å². The highest BCUT2D eigenvalue weighted by molar-refractivity contribution is 6.61. The van der Waals surface area contributed by atoms with Crippen LogP contribution < -0.4 is 5.32 Å². The van der Waals surface area contributed by atoms with Crippen LogP contribution in [-0.4, -0.2) is 55.5 Å². The van der Waals surface area contributed by atoms with Crippen molar-refractivity contribution in [2.75, 3.05) is 0 Å². The van der Waals surface area contributed by atoms with Crippen molar-refractivity contribution in [3.05, 3.63) is 29.0 Å². The van der Waals surface area contributed by atoms with Crippen LogP contribution in [0.15, 0.2) is 18.3 Å². The third kappa shape index (κ3) is 2.14. The Balaban J connectivity index is 2.37. The second-order valence-corrected chi connectivity index (χ2v) is 5.22. The number of pyridine rings is 1. The van der Waals surface area contributed by atoms with E-state index in [2.05, 4.69) is 10.3 Å².